The van der Waals surface area contributed by atoms with Gasteiger partial charge >= 0.3 is 0 Å². The summed E-state index contributed by atoms with van der Waals surface area (Å²) in [6.45, 7) is 5.64. The highest BCUT2D eigenvalue weighted by Crippen LogP contribution is 2.28. The monoisotopic (exact) mass is 458 g/mol. The number of rotatable bonds is 7. The standard InChI is InChI=1S/C22H27FN6O2S/c1-16(2)32(30,31)26-22-9-5-7-20(24-22)17-10-12-28(13-11-17)14-18-15-29(27-25-18)21-8-4-3-6-19(21)23/h3-9,15-17H,10-14H2,1-2H3,(H,24,26). The van der Waals surface area contributed by atoms with Crippen LogP contribution in [0.5, 0.6) is 0 Å². The Morgan fingerprint density at radius 2 is 1.88 bits per heavy atom. The maximum atomic E-state index is 14.0. The highest BCUT2D eigenvalue weighted by atomic mass is 32.2. The van der Waals surface area contributed by atoms with Crippen LogP contribution in [0.3, 0.4) is 0 Å². The van der Waals surface area contributed by atoms with Gasteiger partial charge in [0.25, 0.3) is 0 Å². The van der Waals surface area contributed by atoms with Gasteiger partial charge in [0.1, 0.15) is 17.3 Å². The van der Waals surface area contributed by atoms with E-state index in [0.717, 1.165) is 37.3 Å². The number of halogens is 1. The van der Waals surface area contributed by atoms with E-state index in [2.05, 4.69) is 24.9 Å². The molecular formula is C22H27FN6O2S. The van der Waals surface area contributed by atoms with Crippen LogP contribution in [0.25, 0.3) is 5.69 Å². The number of nitrogens with one attached hydrogen (secondary N) is 1. The summed E-state index contributed by atoms with van der Waals surface area (Å²) in [4.78, 5) is 6.84. The second kappa shape index (κ2) is 9.33. The Hall–Kier alpha value is -2.85. The number of likely N-dealkylation sites (tertiary alicyclic amines) is 1. The first kappa shape index (κ1) is 22.3. The largest absolute Gasteiger partial charge is 0.297 e. The molecule has 1 aliphatic heterocycles. The molecule has 1 N–H and O–H groups in total. The summed E-state index contributed by atoms with van der Waals surface area (Å²) in [5.41, 5.74) is 2.07. The zero-order valence-corrected chi connectivity index (χ0v) is 19.0. The molecule has 3 aromatic rings. The smallest absolute Gasteiger partial charge is 0.236 e. The Morgan fingerprint density at radius 3 is 2.59 bits per heavy atom. The molecule has 170 valence electrons. The third kappa shape index (κ3) is 5.13. The SMILES string of the molecule is CC(C)S(=O)(=O)Nc1cccc(C2CCN(Cc3cn(-c4ccccc4F)nn3)CC2)n1. The quantitative estimate of drug-likeness (QED) is 0.584. The molecule has 1 aromatic carbocycles. The van der Waals surface area contributed by atoms with Gasteiger partial charge in [-0.15, -0.1) is 5.10 Å². The summed E-state index contributed by atoms with van der Waals surface area (Å²) in [7, 11) is -3.42. The van der Waals surface area contributed by atoms with Crippen LogP contribution in [0, 0.1) is 5.82 Å². The van der Waals surface area contributed by atoms with Crippen molar-refractivity contribution in [3.63, 3.8) is 0 Å². The molecule has 1 saturated heterocycles. The minimum atomic E-state index is -3.42. The van der Waals surface area contributed by atoms with Gasteiger partial charge in [0, 0.05) is 18.2 Å². The molecule has 1 fully saturated rings. The number of benzene rings is 1. The van der Waals surface area contributed by atoms with Crippen LogP contribution in [0.2, 0.25) is 0 Å². The molecule has 10 heteroatoms. The number of pyridine rings is 1. The Bertz CT molecular complexity index is 1170. The van der Waals surface area contributed by atoms with Gasteiger partial charge in [-0.25, -0.2) is 22.5 Å². The van der Waals surface area contributed by atoms with Crippen molar-refractivity contribution in [3.05, 3.63) is 65.9 Å². The van der Waals surface area contributed by atoms with E-state index in [1.165, 1.54) is 10.7 Å². The molecule has 8 nitrogen and oxygen atoms in total. The van der Waals surface area contributed by atoms with Crippen LogP contribution in [0.1, 0.15) is 44.0 Å². The third-order valence-electron chi connectivity index (χ3n) is 5.67. The van der Waals surface area contributed by atoms with Crippen LogP contribution in [-0.2, 0) is 16.6 Å². The van der Waals surface area contributed by atoms with Crippen LogP contribution in [-0.4, -0.2) is 51.6 Å². The summed E-state index contributed by atoms with van der Waals surface area (Å²) >= 11 is 0. The van der Waals surface area contributed by atoms with Crippen molar-refractivity contribution in [1.29, 1.82) is 0 Å². The highest BCUT2D eigenvalue weighted by molar-refractivity contribution is 7.93. The molecule has 32 heavy (non-hydrogen) atoms. The Kier molecular flexibility index (Phi) is 6.52. The molecule has 2 aromatic heterocycles. The van der Waals surface area contributed by atoms with Gasteiger partial charge in [0.15, 0.2) is 0 Å². The molecular weight excluding hydrogens is 431 g/mol. The van der Waals surface area contributed by atoms with Crippen LogP contribution < -0.4 is 4.72 Å². The predicted octanol–water partition coefficient (Wildman–Crippen LogP) is 3.33. The number of nitrogens with zero attached hydrogens (tertiary/aromatic N) is 5. The van der Waals surface area contributed by atoms with Crippen molar-refractivity contribution in [2.45, 2.75) is 44.4 Å². The summed E-state index contributed by atoms with van der Waals surface area (Å²) < 4.78 is 42.2. The summed E-state index contributed by atoms with van der Waals surface area (Å²) in [6, 6.07) is 11.9. The second-order valence-corrected chi connectivity index (χ2v) is 10.5. The molecule has 0 unspecified atom stereocenters. The normalized spacial score (nSPS) is 15.9. The minimum absolute atomic E-state index is 0.267. The summed E-state index contributed by atoms with van der Waals surface area (Å²) in [5.74, 6) is 0.294. The van der Waals surface area contributed by atoms with Crippen molar-refractivity contribution in [2.75, 3.05) is 17.8 Å². The maximum absolute atomic E-state index is 14.0. The van der Waals surface area contributed by atoms with Crippen LogP contribution in [0.4, 0.5) is 10.2 Å². The lowest BCUT2D eigenvalue weighted by molar-refractivity contribution is 0.201. The highest BCUT2D eigenvalue weighted by Gasteiger charge is 2.23. The van der Waals surface area contributed by atoms with E-state index in [4.69, 9.17) is 0 Å². The third-order valence-corrected chi connectivity index (χ3v) is 7.40. The molecule has 0 radical (unpaired) electrons. The number of para-hydroxylation sites is 1. The fraction of sp³-hybridized carbons (Fsp3) is 0.409. The Labute approximate surface area is 187 Å². The molecule has 0 bridgehead atoms. The van der Waals surface area contributed by atoms with Gasteiger partial charge in [-0.3, -0.25) is 9.62 Å². The molecule has 3 heterocycles. The van der Waals surface area contributed by atoms with E-state index >= 15 is 0 Å². The van der Waals surface area contributed by atoms with E-state index in [1.54, 1.807) is 44.3 Å². The van der Waals surface area contributed by atoms with Crippen molar-refractivity contribution in [2.24, 2.45) is 0 Å². The van der Waals surface area contributed by atoms with E-state index in [9.17, 15) is 12.8 Å². The second-order valence-electron chi connectivity index (χ2n) is 8.30. The topological polar surface area (TPSA) is 93.0 Å². The van der Waals surface area contributed by atoms with Gasteiger partial charge in [-0.05, 0) is 64.0 Å². The van der Waals surface area contributed by atoms with E-state index < -0.39 is 15.3 Å². The lowest BCUT2D eigenvalue weighted by Gasteiger charge is -2.31. The van der Waals surface area contributed by atoms with Gasteiger partial charge in [0.2, 0.25) is 10.0 Å². The van der Waals surface area contributed by atoms with Gasteiger partial charge < -0.3 is 0 Å². The van der Waals surface area contributed by atoms with Crippen molar-refractivity contribution in [3.8, 4) is 5.69 Å². The lowest BCUT2D eigenvalue weighted by atomic mass is 9.93. The number of piperidine rings is 1. The Morgan fingerprint density at radius 1 is 1.12 bits per heavy atom. The fourth-order valence-electron chi connectivity index (χ4n) is 3.74. The zero-order chi connectivity index (χ0) is 22.7. The molecule has 0 atom stereocenters. The van der Waals surface area contributed by atoms with E-state index in [0.29, 0.717) is 18.1 Å². The Balaban J connectivity index is 1.35. The molecule has 0 aliphatic carbocycles. The zero-order valence-electron chi connectivity index (χ0n) is 18.1. The average Bonchev–Trinajstić information content (AvgIpc) is 3.22. The number of anilines is 1. The van der Waals surface area contributed by atoms with Gasteiger partial charge in [-0.2, -0.15) is 0 Å². The first-order valence-electron chi connectivity index (χ1n) is 10.7. The first-order valence-corrected chi connectivity index (χ1v) is 12.2. The summed E-state index contributed by atoms with van der Waals surface area (Å²) in [6.07, 6.45) is 3.58. The number of hydrogen-bond acceptors (Lipinski definition) is 6. The predicted molar refractivity (Wildman–Crippen MR) is 120 cm³/mol. The maximum Gasteiger partial charge on any atom is 0.236 e. The molecule has 1 aliphatic rings. The molecule has 0 spiro atoms. The van der Waals surface area contributed by atoms with Crippen molar-refractivity contribution >= 4 is 15.8 Å². The van der Waals surface area contributed by atoms with Crippen molar-refractivity contribution < 1.29 is 12.8 Å². The van der Waals surface area contributed by atoms with Crippen LogP contribution >= 0.6 is 0 Å². The van der Waals surface area contributed by atoms with Crippen LogP contribution in [0.15, 0.2) is 48.7 Å². The minimum Gasteiger partial charge on any atom is -0.297 e. The molecule has 0 saturated carbocycles. The molecule has 4 rings (SSSR count). The summed E-state index contributed by atoms with van der Waals surface area (Å²) in [5, 5.41) is 7.73. The van der Waals surface area contributed by atoms with E-state index in [1.807, 2.05) is 12.1 Å². The number of sulfonamides is 1. The van der Waals surface area contributed by atoms with Crippen molar-refractivity contribution in [1.82, 2.24) is 24.9 Å². The fourth-order valence-corrected chi connectivity index (χ4v) is 4.38. The number of aromatic nitrogens is 4. The van der Waals surface area contributed by atoms with E-state index in [-0.39, 0.29) is 11.7 Å². The first-order chi connectivity index (χ1) is 15.3. The number of hydrogen-bond donors (Lipinski definition) is 1. The van der Waals surface area contributed by atoms with Gasteiger partial charge in [-0.1, -0.05) is 23.4 Å². The lowest BCUT2D eigenvalue weighted by Crippen LogP contribution is -2.33. The average molecular weight is 459 g/mol. The van der Waals surface area contributed by atoms with Gasteiger partial charge in [0.05, 0.1) is 17.1 Å². The molecule has 0 amide bonds.